The number of fused-ring (bicyclic) bond motifs is 2. The molecular formula is C30H33ClN2O5. The zero-order valence-corrected chi connectivity index (χ0v) is 22.2. The number of hydrogen-bond donors (Lipinski definition) is 2. The van der Waals surface area contributed by atoms with E-state index in [0.29, 0.717) is 18.9 Å². The number of unbranched alkanes of at least 4 members (excludes halogenated alkanes) is 1. The average Bonchev–Trinajstić information content (AvgIpc) is 3.66. The molecule has 2 aromatic carbocycles. The van der Waals surface area contributed by atoms with Crippen molar-refractivity contribution >= 4 is 23.5 Å². The molecule has 0 radical (unpaired) electrons. The highest BCUT2D eigenvalue weighted by atomic mass is 35.5. The van der Waals surface area contributed by atoms with E-state index in [0.717, 1.165) is 48.3 Å². The SMILES string of the molecule is CC(C(=O)O)c1ccccc1CC1C2CCC(O2)C1c1nc(C(=O)NCCCCc2ccc(Cl)cc2)co1. The molecule has 0 saturated carbocycles. The van der Waals surface area contributed by atoms with E-state index < -0.39 is 11.9 Å². The number of ether oxygens (including phenoxy) is 1. The van der Waals surface area contributed by atoms with Crippen LogP contribution in [-0.2, 0) is 22.4 Å². The van der Waals surface area contributed by atoms with Gasteiger partial charge in [-0.15, -0.1) is 0 Å². The Labute approximate surface area is 227 Å². The Kier molecular flexibility index (Phi) is 8.15. The topological polar surface area (TPSA) is 102 Å². The van der Waals surface area contributed by atoms with Crippen LogP contribution in [0.3, 0.4) is 0 Å². The van der Waals surface area contributed by atoms with Gasteiger partial charge in [0, 0.05) is 17.5 Å². The fourth-order valence-corrected chi connectivity index (χ4v) is 5.97. The Morgan fingerprint density at radius 3 is 2.66 bits per heavy atom. The van der Waals surface area contributed by atoms with Crippen molar-refractivity contribution in [1.82, 2.24) is 10.3 Å². The van der Waals surface area contributed by atoms with Crippen molar-refractivity contribution in [2.45, 2.75) is 69.5 Å². The monoisotopic (exact) mass is 536 g/mol. The van der Waals surface area contributed by atoms with Crippen molar-refractivity contribution in [2.24, 2.45) is 5.92 Å². The number of nitrogens with one attached hydrogen (secondary N) is 1. The number of hydrogen-bond acceptors (Lipinski definition) is 5. The molecule has 5 atom stereocenters. The number of carbonyl (C=O) groups excluding carboxylic acids is 1. The first-order valence-electron chi connectivity index (χ1n) is 13.3. The van der Waals surface area contributed by atoms with Crippen LogP contribution in [0.25, 0.3) is 0 Å². The highest BCUT2D eigenvalue weighted by Gasteiger charge is 2.51. The summed E-state index contributed by atoms with van der Waals surface area (Å²) < 4.78 is 12.1. The van der Waals surface area contributed by atoms with Crippen molar-refractivity contribution < 1.29 is 23.8 Å². The number of aryl methyl sites for hydroxylation is 1. The molecule has 5 rings (SSSR count). The Morgan fingerprint density at radius 2 is 1.87 bits per heavy atom. The van der Waals surface area contributed by atoms with Crippen LogP contribution in [0.4, 0.5) is 0 Å². The molecule has 38 heavy (non-hydrogen) atoms. The first-order valence-corrected chi connectivity index (χ1v) is 13.7. The maximum atomic E-state index is 12.7. The van der Waals surface area contributed by atoms with Gasteiger partial charge in [-0.1, -0.05) is 48.0 Å². The zero-order valence-electron chi connectivity index (χ0n) is 21.4. The first-order chi connectivity index (χ1) is 18.4. The van der Waals surface area contributed by atoms with Crippen molar-refractivity contribution in [1.29, 1.82) is 0 Å². The van der Waals surface area contributed by atoms with Gasteiger partial charge in [0.25, 0.3) is 5.91 Å². The smallest absolute Gasteiger partial charge is 0.310 e. The molecule has 0 aliphatic carbocycles. The fourth-order valence-electron chi connectivity index (χ4n) is 5.85. The summed E-state index contributed by atoms with van der Waals surface area (Å²) in [6.07, 6.45) is 6.82. The lowest BCUT2D eigenvalue weighted by Gasteiger charge is -2.27. The molecule has 2 aliphatic heterocycles. The third-order valence-corrected chi connectivity index (χ3v) is 8.16. The highest BCUT2D eigenvalue weighted by molar-refractivity contribution is 6.30. The number of nitrogens with zero attached hydrogens (tertiary/aromatic N) is 1. The molecule has 2 aliphatic rings. The molecule has 2 bridgehead atoms. The second-order valence-corrected chi connectivity index (χ2v) is 10.8. The van der Waals surface area contributed by atoms with E-state index in [4.69, 9.17) is 20.8 Å². The molecule has 0 spiro atoms. The molecule has 8 heteroatoms. The van der Waals surface area contributed by atoms with Gasteiger partial charge in [0.1, 0.15) is 6.26 Å². The van der Waals surface area contributed by atoms with Crippen molar-refractivity contribution in [3.05, 3.63) is 88.1 Å². The van der Waals surface area contributed by atoms with Crippen LogP contribution in [0.5, 0.6) is 0 Å². The summed E-state index contributed by atoms with van der Waals surface area (Å²) in [6.45, 7) is 2.28. The van der Waals surface area contributed by atoms with Gasteiger partial charge >= 0.3 is 5.97 Å². The van der Waals surface area contributed by atoms with Crippen LogP contribution in [0.15, 0.2) is 59.2 Å². The summed E-state index contributed by atoms with van der Waals surface area (Å²) in [5.74, 6) is -1.10. The fraction of sp³-hybridized carbons (Fsp3) is 0.433. The maximum absolute atomic E-state index is 12.7. The summed E-state index contributed by atoms with van der Waals surface area (Å²) in [5.41, 5.74) is 3.34. The third kappa shape index (κ3) is 5.79. The molecule has 1 aromatic heterocycles. The molecule has 2 saturated heterocycles. The van der Waals surface area contributed by atoms with Crippen LogP contribution in [0, 0.1) is 5.92 Å². The van der Waals surface area contributed by atoms with E-state index in [1.807, 2.05) is 48.5 Å². The van der Waals surface area contributed by atoms with Gasteiger partial charge in [-0.05, 0) is 74.3 Å². The minimum absolute atomic E-state index is 0.00325. The van der Waals surface area contributed by atoms with Gasteiger partial charge in [-0.2, -0.15) is 0 Å². The zero-order chi connectivity index (χ0) is 26.6. The van der Waals surface area contributed by atoms with Gasteiger partial charge < -0.3 is 19.6 Å². The first kappa shape index (κ1) is 26.4. The molecule has 3 heterocycles. The van der Waals surface area contributed by atoms with E-state index in [2.05, 4.69) is 10.3 Å². The lowest BCUT2D eigenvalue weighted by Crippen LogP contribution is -2.28. The van der Waals surface area contributed by atoms with Crippen molar-refractivity contribution in [3.8, 4) is 0 Å². The van der Waals surface area contributed by atoms with E-state index in [1.54, 1.807) is 6.92 Å². The van der Waals surface area contributed by atoms with E-state index in [9.17, 15) is 14.7 Å². The normalized spacial score (nSPS) is 22.9. The van der Waals surface area contributed by atoms with E-state index >= 15 is 0 Å². The number of halogens is 1. The maximum Gasteiger partial charge on any atom is 0.310 e. The number of carbonyl (C=O) groups is 2. The Hall–Kier alpha value is -3.16. The largest absolute Gasteiger partial charge is 0.481 e. The van der Waals surface area contributed by atoms with Gasteiger partial charge in [-0.3, -0.25) is 9.59 Å². The van der Waals surface area contributed by atoms with Crippen LogP contribution < -0.4 is 5.32 Å². The van der Waals surface area contributed by atoms with Gasteiger partial charge in [-0.25, -0.2) is 4.98 Å². The number of amides is 1. The second kappa shape index (κ2) is 11.7. The predicted molar refractivity (Wildman–Crippen MR) is 144 cm³/mol. The molecule has 3 aromatic rings. The molecule has 2 N–H and O–H groups in total. The lowest BCUT2D eigenvalue weighted by atomic mass is 9.75. The Balaban J connectivity index is 1.20. The molecule has 1 amide bonds. The number of oxazole rings is 1. The van der Waals surface area contributed by atoms with Crippen LogP contribution >= 0.6 is 11.6 Å². The average molecular weight is 537 g/mol. The molecule has 7 nitrogen and oxygen atoms in total. The number of carboxylic acid groups (broad SMARTS) is 1. The molecule has 5 unspecified atom stereocenters. The number of rotatable bonds is 11. The summed E-state index contributed by atoms with van der Waals surface area (Å²) in [6, 6.07) is 15.5. The Morgan fingerprint density at radius 1 is 1.11 bits per heavy atom. The van der Waals surface area contributed by atoms with E-state index in [1.165, 1.54) is 11.8 Å². The molecule has 200 valence electrons. The van der Waals surface area contributed by atoms with Gasteiger partial charge in [0.15, 0.2) is 5.69 Å². The Bertz CT molecular complexity index is 1270. The predicted octanol–water partition coefficient (Wildman–Crippen LogP) is 5.77. The highest BCUT2D eigenvalue weighted by Crippen LogP contribution is 2.50. The molecule has 2 fully saturated rings. The lowest BCUT2D eigenvalue weighted by molar-refractivity contribution is -0.138. The summed E-state index contributed by atoms with van der Waals surface area (Å²) >= 11 is 5.93. The summed E-state index contributed by atoms with van der Waals surface area (Å²) in [5, 5.41) is 13.2. The van der Waals surface area contributed by atoms with Crippen LogP contribution in [0.2, 0.25) is 5.02 Å². The number of aromatic nitrogens is 1. The van der Waals surface area contributed by atoms with Crippen LogP contribution in [-0.4, -0.2) is 40.7 Å². The van der Waals surface area contributed by atoms with Gasteiger partial charge in [0.2, 0.25) is 5.89 Å². The van der Waals surface area contributed by atoms with Crippen molar-refractivity contribution in [2.75, 3.05) is 6.54 Å². The quantitative estimate of drug-likeness (QED) is 0.301. The van der Waals surface area contributed by atoms with E-state index in [-0.39, 0.29) is 35.6 Å². The number of carboxylic acids is 1. The second-order valence-electron chi connectivity index (χ2n) is 10.4. The minimum atomic E-state index is -0.841. The number of aliphatic carboxylic acids is 1. The molecular weight excluding hydrogens is 504 g/mol. The standard InChI is InChI=1S/C30H33ClN2O5/c1-18(30(35)36)22-8-3-2-7-20(22)16-23-25-13-14-26(38-25)27(23)29-33-24(17-37-29)28(34)32-15-5-4-6-19-9-11-21(31)12-10-19/h2-3,7-12,17-18,23,25-27H,4-6,13-16H2,1H3,(H,32,34)(H,35,36). The number of benzene rings is 2. The third-order valence-electron chi connectivity index (χ3n) is 7.90. The van der Waals surface area contributed by atoms with Gasteiger partial charge in [0.05, 0.1) is 24.0 Å². The summed E-state index contributed by atoms with van der Waals surface area (Å²) in [7, 11) is 0. The summed E-state index contributed by atoms with van der Waals surface area (Å²) in [4.78, 5) is 29.0. The van der Waals surface area contributed by atoms with Crippen LogP contribution in [0.1, 0.15) is 77.5 Å². The van der Waals surface area contributed by atoms with Crippen molar-refractivity contribution in [3.63, 3.8) is 0 Å². The minimum Gasteiger partial charge on any atom is -0.481 e.